The normalized spacial score (nSPS) is 16.2. The Morgan fingerprint density at radius 2 is 1.88 bits per heavy atom. The van der Waals surface area contributed by atoms with Crippen molar-refractivity contribution in [1.82, 2.24) is 0 Å². The second-order valence-electron chi connectivity index (χ2n) is 5.57. The molecule has 3 aromatic rings. The van der Waals surface area contributed by atoms with Crippen LogP contribution >= 0.6 is 11.3 Å². The SMILES string of the molecule is N#CC1=C(N)Oc2c(c(=O)sc3ccccc23)[C@@H]1c1ccccc1F. The van der Waals surface area contributed by atoms with E-state index in [1.54, 1.807) is 18.2 Å². The molecule has 1 atom stereocenters. The van der Waals surface area contributed by atoms with Crippen molar-refractivity contribution < 1.29 is 9.13 Å². The quantitative estimate of drug-likeness (QED) is 0.727. The lowest BCUT2D eigenvalue weighted by Gasteiger charge is -2.26. The van der Waals surface area contributed by atoms with E-state index in [9.17, 15) is 14.4 Å². The number of nitrogens with two attached hydrogens (primary N) is 1. The van der Waals surface area contributed by atoms with E-state index in [-0.39, 0.29) is 27.3 Å². The molecule has 0 aliphatic carbocycles. The van der Waals surface area contributed by atoms with E-state index in [1.165, 1.54) is 6.07 Å². The number of nitrogens with zero attached hydrogens (tertiary/aromatic N) is 1. The van der Waals surface area contributed by atoms with Crippen LogP contribution in [-0.4, -0.2) is 0 Å². The van der Waals surface area contributed by atoms with Gasteiger partial charge in [-0.2, -0.15) is 5.26 Å². The first-order valence-electron chi connectivity index (χ1n) is 7.49. The van der Waals surface area contributed by atoms with E-state index < -0.39 is 11.7 Å². The fraction of sp³-hybridized carbons (Fsp3) is 0.0526. The van der Waals surface area contributed by atoms with E-state index in [0.717, 1.165) is 16.0 Å². The predicted octanol–water partition coefficient (Wildman–Crippen LogP) is 3.62. The number of fused-ring (bicyclic) bond motifs is 3. The molecule has 1 aliphatic heterocycles. The summed E-state index contributed by atoms with van der Waals surface area (Å²) < 4.78 is 20.5. The predicted molar refractivity (Wildman–Crippen MR) is 93.8 cm³/mol. The molecule has 0 spiro atoms. The number of hydrogen-bond acceptors (Lipinski definition) is 5. The van der Waals surface area contributed by atoms with Crippen molar-refractivity contribution in [2.24, 2.45) is 5.73 Å². The van der Waals surface area contributed by atoms with Crippen LogP contribution in [0.5, 0.6) is 5.75 Å². The Morgan fingerprint density at radius 3 is 2.64 bits per heavy atom. The van der Waals surface area contributed by atoms with Crippen LogP contribution in [0.25, 0.3) is 10.1 Å². The Labute approximate surface area is 146 Å². The van der Waals surface area contributed by atoms with E-state index in [0.29, 0.717) is 11.1 Å². The Hall–Kier alpha value is -3.17. The summed E-state index contributed by atoms with van der Waals surface area (Å²) in [7, 11) is 0. The fourth-order valence-electron chi connectivity index (χ4n) is 3.09. The summed E-state index contributed by atoms with van der Waals surface area (Å²) in [5.41, 5.74) is 6.45. The zero-order valence-corrected chi connectivity index (χ0v) is 13.6. The van der Waals surface area contributed by atoms with Crippen LogP contribution in [0.3, 0.4) is 0 Å². The van der Waals surface area contributed by atoms with Crippen LogP contribution in [-0.2, 0) is 0 Å². The number of nitriles is 1. The van der Waals surface area contributed by atoms with Gasteiger partial charge in [-0.1, -0.05) is 41.7 Å². The molecule has 0 unspecified atom stereocenters. The Bertz CT molecular complexity index is 1140. The second kappa shape index (κ2) is 5.72. The molecule has 25 heavy (non-hydrogen) atoms. The molecule has 0 saturated carbocycles. The monoisotopic (exact) mass is 350 g/mol. The standard InChI is InChI=1S/C19H11FN2O2S/c20-13-7-3-1-5-10(13)15-12(9-21)18(22)24-17-11-6-2-4-8-14(11)25-19(23)16(15)17/h1-8,15H,22H2/t15-/m1/s1. The number of allylic oxidation sites excluding steroid dienone is 1. The van der Waals surface area contributed by atoms with Crippen LogP contribution in [0.4, 0.5) is 4.39 Å². The minimum Gasteiger partial charge on any atom is -0.439 e. The molecule has 0 amide bonds. The van der Waals surface area contributed by atoms with Gasteiger partial charge in [0.1, 0.15) is 23.2 Å². The molecule has 2 N–H and O–H groups in total. The molecule has 0 fully saturated rings. The highest BCUT2D eigenvalue weighted by atomic mass is 32.1. The molecule has 0 saturated heterocycles. The van der Waals surface area contributed by atoms with Gasteiger partial charge in [0.15, 0.2) is 0 Å². The Kier molecular flexibility index (Phi) is 3.52. The molecule has 4 nitrogen and oxygen atoms in total. The average molecular weight is 350 g/mol. The summed E-state index contributed by atoms with van der Waals surface area (Å²) in [6.45, 7) is 0. The molecule has 2 heterocycles. The summed E-state index contributed by atoms with van der Waals surface area (Å²) in [5, 5.41) is 10.2. The van der Waals surface area contributed by atoms with E-state index in [4.69, 9.17) is 10.5 Å². The smallest absolute Gasteiger partial charge is 0.240 e. The van der Waals surface area contributed by atoms with E-state index in [1.807, 2.05) is 30.3 Å². The molecule has 122 valence electrons. The maximum absolute atomic E-state index is 14.4. The van der Waals surface area contributed by atoms with Crippen LogP contribution in [0, 0.1) is 17.1 Å². The summed E-state index contributed by atoms with van der Waals surface area (Å²) in [4.78, 5) is 12.8. The first kappa shape index (κ1) is 15.4. The van der Waals surface area contributed by atoms with Gasteiger partial charge < -0.3 is 10.5 Å². The highest BCUT2D eigenvalue weighted by molar-refractivity contribution is 7.16. The molecule has 1 aliphatic rings. The van der Waals surface area contributed by atoms with Crippen LogP contribution in [0.15, 0.2) is 64.8 Å². The molecular weight excluding hydrogens is 339 g/mol. The van der Waals surface area contributed by atoms with Gasteiger partial charge >= 0.3 is 0 Å². The van der Waals surface area contributed by atoms with Gasteiger partial charge in [-0.15, -0.1) is 0 Å². The number of halogens is 1. The van der Waals surface area contributed by atoms with Crippen molar-refractivity contribution in [1.29, 1.82) is 5.26 Å². The summed E-state index contributed by atoms with van der Waals surface area (Å²) in [6.07, 6.45) is 0. The molecule has 0 bridgehead atoms. The van der Waals surface area contributed by atoms with Gasteiger partial charge in [0.25, 0.3) is 0 Å². The second-order valence-corrected chi connectivity index (χ2v) is 6.59. The number of hydrogen-bond donors (Lipinski definition) is 1. The number of benzene rings is 2. The van der Waals surface area contributed by atoms with Crippen molar-refractivity contribution in [3.05, 3.63) is 86.5 Å². The lowest BCUT2D eigenvalue weighted by molar-refractivity contribution is 0.397. The third-order valence-electron chi connectivity index (χ3n) is 4.19. The van der Waals surface area contributed by atoms with Crippen molar-refractivity contribution in [3.63, 3.8) is 0 Å². The Balaban J connectivity index is 2.12. The maximum Gasteiger partial charge on any atom is 0.240 e. The third-order valence-corrected chi connectivity index (χ3v) is 5.17. The molecule has 2 aromatic carbocycles. The first-order valence-corrected chi connectivity index (χ1v) is 8.31. The van der Waals surface area contributed by atoms with Gasteiger partial charge in [0, 0.05) is 15.6 Å². The lowest BCUT2D eigenvalue weighted by Crippen LogP contribution is -2.26. The van der Waals surface area contributed by atoms with Gasteiger partial charge in [-0.05, 0) is 18.2 Å². The van der Waals surface area contributed by atoms with Crippen molar-refractivity contribution in [3.8, 4) is 11.8 Å². The summed E-state index contributed by atoms with van der Waals surface area (Å²) in [6, 6.07) is 15.3. The van der Waals surface area contributed by atoms with Gasteiger partial charge in [0.05, 0.1) is 11.5 Å². The van der Waals surface area contributed by atoms with Crippen LogP contribution < -0.4 is 15.2 Å². The summed E-state index contributed by atoms with van der Waals surface area (Å²) in [5.74, 6) is -1.20. The highest BCUT2D eigenvalue weighted by Gasteiger charge is 2.35. The molecular formula is C19H11FN2O2S. The molecule has 4 rings (SSSR count). The zero-order chi connectivity index (χ0) is 17.6. The van der Waals surface area contributed by atoms with Crippen molar-refractivity contribution in [2.75, 3.05) is 0 Å². The minimum atomic E-state index is -0.886. The first-order chi connectivity index (χ1) is 12.1. The maximum atomic E-state index is 14.4. The van der Waals surface area contributed by atoms with Gasteiger partial charge in [-0.25, -0.2) is 4.39 Å². The molecule has 6 heteroatoms. The Morgan fingerprint density at radius 1 is 1.16 bits per heavy atom. The summed E-state index contributed by atoms with van der Waals surface area (Å²) >= 11 is 1.04. The molecule has 0 radical (unpaired) electrons. The lowest BCUT2D eigenvalue weighted by atomic mass is 9.84. The average Bonchev–Trinajstić information content (AvgIpc) is 2.61. The van der Waals surface area contributed by atoms with Crippen LogP contribution in [0.1, 0.15) is 17.0 Å². The van der Waals surface area contributed by atoms with Gasteiger partial charge in [0.2, 0.25) is 10.6 Å². The topological polar surface area (TPSA) is 76.1 Å². The van der Waals surface area contributed by atoms with Crippen molar-refractivity contribution >= 4 is 21.4 Å². The number of rotatable bonds is 1. The van der Waals surface area contributed by atoms with Crippen molar-refractivity contribution in [2.45, 2.75) is 5.92 Å². The zero-order valence-electron chi connectivity index (χ0n) is 12.8. The minimum absolute atomic E-state index is 0.0391. The third kappa shape index (κ3) is 2.29. The van der Waals surface area contributed by atoms with E-state index >= 15 is 0 Å². The van der Waals surface area contributed by atoms with Crippen LogP contribution in [0.2, 0.25) is 0 Å². The largest absolute Gasteiger partial charge is 0.439 e. The van der Waals surface area contributed by atoms with Gasteiger partial charge in [-0.3, -0.25) is 4.79 Å². The molecule has 1 aromatic heterocycles. The fourth-order valence-corrected chi connectivity index (χ4v) is 4.02. The van der Waals surface area contributed by atoms with E-state index in [2.05, 4.69) is 0 Å². The number of ether oxygens (including phenoxy) is 1. The highest BCUT2D eigenvalue weighted by Crippen LogP contribution is 2.44.